The highest BCUT2D eigenvalue weighted by Gasteiger charge is 2.21. The van der Waals surface area contributed by atoms with Gasteiger partial charge in [0.25, 0.3) is 5.91 Å². The smallest absolute Gasteiger partial charge is 0.324 e. The normalized spacial score (nSPS) is 11.5. The van der Waals surface area contributed by atoms with E-state index in [4.69, 9.17) is 4.98 Å². The Labute approximate surface area is 216 Å². The SMILES string of the molecule is CCN(C(=O)NCCCN(C)C)C(=O)c1ccc(-c2nc3c4ccccc4c4ccccc4c3[nH]2)cc1. The predicted octanol–water partition coefficient (Wildman–Crippen LogP) is 5.66. The van der Waals surface area contributed by atoms with E-state index in [1.807, 2.05) is 44.4 Å². The topological polar surface area (TPSA) is 81.3 Å². The van der Waals surface area contributed by atoms with Crippen LogP contribution in [0.4, 0.5) is 4.79 Å². The van der Waals surface area contributed by atoms with Crippen molar-refractivity contribution in [2.75, 3.05) is 33.7 Å². The number of hydrogen-bond acceptors (Lipinski definition) is 4. The second-order valence-electron chi connectivity index (χ2n) is 9.42. The van der Waals surface area contributed by atoms with Crippen LogP contribution in [0.1, 0.15) is 23.7 Å². The van der Waals surface area contributed by atoms with Gasteiger partial charge in [-0.2, -0.15) is 0 Å². The fraction of sp³-hybridized carbons (Fsp3) is 0.233. The molecule has 7 heteroatoms. The van der Waals surface area contributed by atoms with E-state index >= 15 is 0 Å². The summed E-state index contributed by atoms with van der Waals surface area (Å²) in [4.78, 5) is 37.4. The number of H-pyrrole nitrogens is 1. The Balaban J connectivity index is 1.41. The summed E-state index contributed by atoms with van der Waals surface area (Å²) in [5, 5.41) is 7.42. The molecule has 37 heavy (non-hydrogen) atoms. The zero-order chi connectivity index (χ0) is 25.9. The number of amides is 3. The molecule has 1 aromatic heterocycles. The standard InChI is InChI=1S/C30H31N5O2/c1-4-35(30(37)31-18-9-19-34(2)3)29(36)21-16-14-20(15-17-21)28-32-26-24-12-7-5-10-22(24)23-11-6-8-13-25(23)27(26)33-28/h5-8,10-17H,4,9,18-19H2,1-3H3,(H,31,37)(H,32,33). The molecule has 0 fully saturated rings. The zero-order valence-electron chi connectivity index (χ0n) is 21.4. The summed E-state index contributed by atoms with van der Waals surface area (Å²) >= 11 is 0. The van der Waals surface area contributed by atoms with Crippen LogP contribution >= 0.6 is 0 Å². The molecule has 0 radical (unpaired) electrons. The first-order valence-electron chi connectivity index (χ1n) is 12.6. The molecule has 0 aliphatic carbocycles. The number of aromatic nitrogens is 2. The van der Waals surface area contributed by atoms with Crippen molar-refractivity contribution in [2.24, 2.45) is 0 Å². The number of imide groups is 1. The number of urea groups is 1. The highest BCUT2D eigenvalue weighted by Crippen LogP contribution is 2.35. The summed E-state index contributed by atoms with van der Waals surface area (Å²) in [5.41, 5.74) is 3.25. The third-order valence-corrected chi connectivity index (χ3v) is 6.64. The highest BCUT2D eigenvalue weighted by atomic mass is 16.2. The molecule has 3 amide bonds. The number of aromatic amines is 1. The van der Waals surface area contributed by atoms with E-state index in [1.165, 1.54) is 15.7 Å². The van der Waals surface area contributed by atoms with Gasteiger partial charge in [0.05, 0.1) is 11.0 Å². The molecular weight excluding hydrogens is 462 g/mol. The van der Waals surface area contributed by atoms with Gasteiger partial charge in [0.15, 0.2) is 0 Å². The van der Waals surface area contributed by atoms with Crippen molar-refractivity contribution in [3.05, 3.63) is 78.4 Å². The summed E-state index contributed by atoms with van der Waals surface area (Å²) in [6.07, 6.45) is 0.821. The fourth-order valence-corrected chi connectivity index (χ4v) is 4.75. The Morgan fingerprint density at radius 3 is 2.14 bits per heavy atom. The molecular formula is C30H31N5O2. The van der Waals surface area contributed by atoms with Crippen LogP contribution in [-0.4, -0.2) is 65.4 Å². The van der Waals surface area contributed by atoms with Crippen LogP contribution in [0.15, 0.2) is 72.8 Å². The maximum atomic E-state index is 13.1. The first kappa shape index (κ1) is 24.5. The van der Waals surface area contributed by atoms with Crippen LogP contribution in [0.3, 0.4) is 0 Å². The third-order valence-electron chi connectivity index (χ3n) is 6.64. The molecule has 0 unspecified atom stereocenters. The number of carbonyl (C=O) groups excluding carboxylic acids is 2. The number of fused-ring (bicyclic) bond motifs is 6. The summed E-state index contributed by atoms with van der Waals surface area (Å²) in [5.74, 6) is 0.419. The molecule has 0 aliphatic heterocycles. The number of nitrogens with zero attached hydrogens (tertiary/aromatic N) is 3. The Morgan fingerprint density at radius 2 is 1.49 bits per heavy atom. The second kappa shape index (κ2) is 10.4. The van der Waals surface area contributed by atoms with Gasteiger partial charge in [0, 0.05) is 35.0 Å². The van der Waals surface area contributed by atoms with E-state index < -0.39 is 0 Å². The quantitative estimate of drug-likeness (QED) is 0.226. The Bertz CT molecular complexity index is 1510. The van der Waals surface area contributed by atoms with Crippen LogP contribution in [0.2, 0.25) is 0 Å². The molecule has 0 aliphatic rings. The van der Waals surface area contributed by atoms with Gasteiger partial charge < -0.3 is 15.2 Å². The zero-order valence-corrected chi connectivity index (χ0v) is 21.4. The summed E-state index contributed by atoms with van der Waals surface area (Å²) in [7, 11) is 3.98. The molecule has 0 saturated carbocycles. The van der Waals surface area contributed by atoms with Crippen molar-refractivity contribution in [2.45, 2.75) is 13.3 Å². The van der Waals surface area contributed by atoms with Crippen molar-refractivity contribution in [3.63, 3.8) is 0 Å². The molecule has 4 aromatic carbocycles. The molecule has 0 saturated heterocycles. The van der Waals surface area contributed by atoms with Gasteiger partial charge >= 0.3 is 6.03 Å². The van der Waals surface area contributed by atoms with Gasteiger partial charge in [-0.3, -0.25) is 9.69 Å². The number of benzene rings is 4. The van der Waals surface area contributed by atoms with Gasteiger partial charge in [0.2, 0.25) is 0 Å². The monoisotopic (exact) mass is 493 g/mol. The van der Waals surface area contributed by atoms with Crippen LogP contribution < -0.4 is 5.32 Å². The Morgan fingerprint density at radius 1 is 0.865 bits per heavy atom. The lowest BCUT2D eigenvalue weighted by molar-refractivity contribution is 0.0807. The molecule has 5 rings (SSSR count). The van der Waals surface area contributed by atoms with E-state index in [0.29, 0.717) is 18.7 Å². The van der Waals surface area contributed by atoms with Crippen LogP contribution in [0, 0.1) is 0 Å². The lowest BCUT2D eigenvalue weighted by Gasteiger charge is -2.20. The van der Waals surface area contributed by atoms with Crippen molar-refractivity contribution < 1.29 is 9.59 Å². The van der Waals surface area contributed by atoms with Gasteiger partial charge in [-0.25, -0.2) is 9.78 Å². The van der Waals surface area contributed by atoms with E-state index in [2.05, 4.69) is 45.5 Å². The molecule has 0 atom stereocenters. The van der Waals surface area contributed by atoms with E-state index in [-0.39, 0.29) is 11.9 Å². The number of nitrogens with one attached hydrogen (secondary N) is 2. The molecule has 7 nitrogen and oxygen atoms in total. The van der Waals surface area contributed by atoms with E-state index in [1.54, 1.807) is 19.1 Å². The summed E-state index contributed by atoms with van der Waals surface area (Å²) < 4.78 is 0. The lowest BCUT2D eigenvalue weighted by Crippen LogP contribution is -2.44. The molecule has 0 spiro atoms. The van der Waals surface area contributed by atoms with Crippen molar-refractivity contribution in [1.29, 1.82) is 0 Å². The first-order valence-corrected chi connectivity index (χ1v) is 12.6. The van der Waals surface area contributed by atoms with Gasteiger partial charge in [-0.15, -0.1) is 0 Å². The molecule has 188 valence electrons. The van der Waals surface area contributed by atoms with Crippen LogP contribution in [0.25, 0.3) is 44.0 Å². The van der Waals surface area contributed by atoms with Gasteiger partial charge in [-0.05, 0) is 56.9 Å². The lowest BCUT2D eigenvalue weighted by atomic mass is 10.0. The minimum Gasteiger partial charge on any atom is -0.338 e. The third kappa shape index (κ3) is 4.78. The van der Waals surface area contributed by atoms with Crippen LogP contribution in [0.5, 0.6) is 0 Å². The molecule has 5 aromatic rings. The van der Waals surface area contributed by atoms with E-state index in [0.717, 1.165) is 46.2 Å². The Kier molecular flexibility index (Phi) is 6.88. The van der Waals surface area contributed by atoms with Crippen LogP contribution in [-0.2, 0) is 0 Å². The van der Waals surface area contributed by atoms with Crippen molar-refractivity contribution >= 4 is 44.5 Å². The minimum absolute atomic E-state index is 0.295. The van der Waals surface area contributed by atoms with Gasteiger partial charge in [-0.1, -0.05) is 60.7 Å². The maximum absolute atomic E-state index is 13.1. The average Bonchev–Trinajstić information content (AvgIpc) is 3.38. The molecule has 0 bridgehead atoms. The number of carbonyl (C=O) groups is 2. The van der Waals surface area contributed by atoms with Crippen molar-refractivity contribution in [3.8, 4) is 11.4 Å². The number of imidazole rings is 1. The number of rotatable bonds is 7. The van der Waals surface area contributed by atoms with Crippen molar-refractivity contribution in [1.82, 2.24) is 25.1 Å². The number of hydrogen-bond donors (Lipinski definition) is 2. The largest absolute Gasteiger partial charge is 0.338 e. The second-order valence-corrected chi connectivity index (χ2v) is 9.42. The van der Waals surface area contributed by atoms with Gasteiger partial charge in [0.1, 0.15) is 5.82 Å². The fourth-order valence-electron chi connectivity index (χ4n) is 4.75. The molecule has 2 N–H and O–H groups in total. The average molecular weight is 494 g/mol. The summed E-state index contributed by atoms with van der Waals surface area (Å²) in [6.45, 7) is 3.49. The minimum atomic E-state index is -0.369. The highest BCUT2D eigenvalue weighted by molar-refractivity contribution is 6.23. The maximum Gasteiger partial charge on any atom is 0.324 e. The van der Waals surface area contributed by atoms with E-state index in [9.17, 15) is 9.59 Å². The Hall–Kier alpha value is -4.23. The predicted molar refractivity (Wildman–Crippen MR) is 150 cm³/mol. The first-order chi connectivity index (χ1) is 18.0. The summed E-state index contributed by atoms with van der Waals surface area (Å²) in [6, 6.07) is 23.5. The molecule has 1 heterocycles.